The molecule has 0 radical (unpaired) electrons. The first-order valence-corrected chi connectivity index (χ1v) is 10.6. The zero-order chi connectivity index (χ0) is 19.0. The van der Waals surface area contributed by atoms with Crippen molar-refractivity contribution in [2.45, 2.75) is 51.3 Å². The van der Waals surface area contributed by atoms with E-state index in [2.05, 4.69) is 27.4 Å². The Bertz CT molecular complexity index is 818. The van der Waals surface area contributed by atoms with Crippen LogP contribution in [0.5, 0.6) is 0 Å². The molecule has 0 saturated carbocycles. The summed E-state index contributed by atoms with van der Waals surface area (Å²) in [5.41, 5.74) is 2.15. The maximum Gasteiger partial charge on any atom is 0.261 e. The molecule has 1 spiro atoms. The van der Waals surface area contributed by atoms with Gasteiger partial charge in [0.1, 0.15) is 0 Å². The van der Waals surface area contributed by atoms with Gasteiger partial charge in [-0.25, -0.2) is 0 Å². The van der Waals surface area contributed by atoms with Gasteiger partial charge < -0.3 is 10.1 Å². The number of fused-ring (bicyclic) bond motifs is 2. The number of rotatable bonds is 4. The second-order valence-electron chi connectivity index (χ2n) is 7.93. The van der Waals surface area contributed by atoms with Crippen molar-refractivity contribution in [1.82, 2.24) is 20.0 Å². The number of likely N-dealkylation sites (tertiary alicyclic amines) is 1. The van der Waals surface area contributed by atoms with E-state index in [4.69, 9.17) is 4.74 Å². The number of hydrogen-bond donors (Lipinski definition) is 1. The fraction of sp³-hybridized carbons (Fsp3) is 0.600. The molecule has 146 valence electrons. The second kappa shape index (κ2) is 7.37. The summed E-state index contributed by atoms with van der Waals surface area (Å²) in [5.74, 6) is 0.0344. The Kier molecular flexibility index (Phi) is 5.09. The van der Waals surface area contributed by atoms with Crippen molar-refractivity contribution >= 4 is 17.2 Å². The molecule has 2 aliphatic rings. The van der Waals surface area contributed by atoms with Crippen LogP contribution < -0.4 is 5.32 Å². The number of nitrogens with zero attached hydrogens (tertiary/aromatic N) is 3. The highest BCUT2D eigenvalue weighted by molar-refractivity contribution is 7.14. The van der Waals surface area contributed by atoms with Crippen LogP contribution in [0.1, 0.15) is 52.5 Å². The zero-order valence-corrected chi connectivity index (χ0v) is 17.1. The quantitative estimate of drug-likeness (QED) is 0.875. The minimum atomic E-state index is -0.221. The van der Waals surface area contributed by atoms with E-state index in [9.17, 15) is 4.79 Å². The van der Waals surface area contributed by atoms with E-state index in [0.29, 0.717) is 0 Å². The van der Waals surface area contributed by atoms with Crippen LogP contribution in [0.25, 0.3) is 0 Å². The number of piperidine rings is 1. The molecule has 1 fully saturated rings. The molecule has 1 saturated heterocycles. The van der Waals surface area contributed by atoms with Gasteiger partial charge in [-0.3, -0.25) is 14.4 Å². The third kappa shape index (κ3) is 3.81. The molecule has 1 amide bonds. The molecule has 2 aromatic heterocycles. The molecule has 7 heteroatoms. The fourth-order valence-electron chi connectivity index (χ4n) is 4.12. The van der Waals surface area contributed by atoms with Crippen LogP contribution >= 0.6 is 11.3 Å². The van der Waals surface area contributed by atoms with Gasteiger partial charge in [0.2, 0.25) is 0 Å². The SMILES string of the molecule is CC(C)NC(=O)c1cc2c(s1)CCOC21CCN(Cc2ccn(C)n2)CC1. The van der Waals surface area contributed by atoms with Gasteiger partial charge in [0.05, 0.1) is 22.8 Å². The van der Waals surface area contributed by atoms with Gasteiger partial charge in [0.25, 0.3) is 5.91 Å². The number of hydrogen-bond acceptors (Lipinski definition) is 5. The second-order valence-corrected chi connectivity index (χ2v) is 9.06. The Morgan fingerprint density at radius 1 is 1.41 bits per heavy atom. The van der Waals surface area contributed by atoms with Crippen molar-refractivity contribution < 1.29 is 9.53 Å². The molecular formula is C20H28N4O2S. The van der Waals surface area contributed by atoms with E-state index in [1.807, 2.05) is 31.8 Å². The van der Waals surface area contributed by atoms with E-state index in [1.54, 1.807) is 11.3 Å². The molecule has 0 unspecified atom stereocenters. The average molecular weight is 389 g/mol. The van der Waals surface area contributed by atoms with Crippen molar-refractivity contribution in [2.75, 3.05) is 19.7 Å². The number of carbonyl (C=O) groups excluding carboxylic acids is 1. The molecule has 4 heterocycles. The summed E-state index contributed by atoms with van der Waals surface area (Å²) in [4.78, 5) is 17.0. The lowest BCUT2D eigenvalue weighted by molar-refractivity contribution is -0.0982. The Hall–Kier alpha value is -1.70. The maximum absolute atomic E-state index is 12.4. The molecular weight excluding hydrogens is 360 g/mol. The van der Waals surface area contributed by atoms with Gasteiger partial charge in [-0.05, 0) is 44.4 Å². The first kappa shape index (κ1) is 18.7. The largest absolute Gasteiger partial charge is 0.370 e. The third-order valence-electron chi connectivity index (χ3n) is 5.47. The lowest BCUT2D eigenvalue weighted by Gasteiger charge is -2.44. The van der Waals surface area contributed by atoms with E-state index in [1.165, 1.54) is 10.4 Å². The van der Waals surface area contributed by atoms with Gasteiger partial charge in [0.15, 0.2) is 0 Å². The maximum atomic E-state index is 12.4. The van der Waals surface area contributed by atoms with Crippen molar-refractivity contribution in [3.63, 3.8) is 0 Å². The lowest BCUT2D eigenvalue weighted by Crippen LogP contribution is -2.46. The Labute approximate surface area is 164 Å². The molecule has 0 atom stereocenters. The van der Waals surface area contributed by atoms with Crippen LogP contribution in [0, 0.1) is 0 Å². The summed E-state index contributed by atoms with van der Waals surface area (Å²) in [6.45, 7) is 7.59. The molecule has 2 aliphatic heterocycles. The van der Waals surface area contributed by atoms with E-state index in [0.717, 1.165) is 56.1 Å². The Morgan fingerprint density at radius 2 is 2.19 bits per heavy atom. The topological polar surface area (TPSA) is 59.4 Å². The van der Waals surface area contributed by atoms with Crippen molar-refractivity contribution in [3.8, 4) is 0 Å². The number of ether oxygens (including phenoxy) is 1. The minimum absolute atomic E-state index is 0.0344. The normalized spacial score (nSPS) is 19.4. The number of nitrogens with one attached hydrogen (secondary N) is 1. The number of aryl methyl sites for hydroxylation is 1. The first-order chi connectivity index (χ1) is 12.9. The molecule has 1 N–H and O–H groups in total. The third-order valence-corrected chi connectivity index (χ3v) is 6.66. The predicted molar refractivity (Wildman–Crippen MR) is 106 cm³/mol. The number of amides is 1. The van der Waals surface area contributed by atoms with E-state index in [-0.39, 0.29) is 17.6 Å². The summed E-state index contributed by atoms with van der Waals surface area (Å²) in [5, 5.41) is 7.50. The number of thiophene rings is 1. The standard InChI is InChI=1S/C20H28N4O2S/c1-14(2)21-19(25)18-12-16-17(27-18)5-11-26-20(16)6-9-24(10-7-20)13-15-4-8-23(3)22-15/h4,8,12,14H,5-7,9-11,13H2,1-3H3,(H,21,25). The number of aromatic nitrogens is 2. The Balaban J connectivity index is 1.47. The summed E-state index contributed by atoms with van der Waals surface area (Å²) >= 11 is 1.64. The zero-order valence-electron chi connectivity index (χ0n) is 16.3. The van der Waals surface area contributed by atoms with Crippen molar-refractivity contribution in [2.24, 2.45) is 7.05 Å². The van der Waals surface area contributed by atoms with Crippen LogP contribution in [-0.4, -0.2) is 46.3 Å². The van der Waals surface area contributed by atoms with Crippen molar-refractivity contribution in [1.29, 1.82) is 0 Å². The minimum Gasteiger partial charge on any atom is -0.370 e. The lowest BCUT2D eigenvalue weighted by atomic mass is 9.82. The van der Waals surface area contributed by atoms with Crippen LogP contribution in [0.3, 0.4) is 0 Å². The van der Waals surface area contributed by atoms with Gasteiger partial charge in [-0.15, -0.1) is 11.3 Å². The first-order valence-electron chi connectivity index (χ1n) is 9.74. The predicted octanol–water partition coefficient (Wildman–Crippen LogP) is 2.68. The summed E-state index contributed by atoms with van der Waals surface area (Å²) in [7, 11) is 1.95. The highest BCUT2D eigenvalue weighted by Gasteiger charge is 2.42. The molecule has 4 rings (SSSR count). The number of carbonyl (C=O) groups is 1. The molecule has 6 nitrogen and oxygen atoms in total. The van der Waals surface area contributed by atoms with E-state index >= 15 is 0 Å². The van der Waals surface area contributed by atoms with Crippen molar-refractivity contribution in [3.05, 3.63) is 39.3 Å². The van der Waals surface area contributed by atoms with Gasteiger partial charge in [0, 0.05) is 50.2 Å². The van der Waals surface area contributed by atoms with Crippen LogP contribution in [0.4, 0.5) is 0 Å². The molecule has 0 bridgehead atoms. The summed E-state index contributed by atoms with van der Waals surface area (Å²) in [6.07, 6.45) is 4.84. The molecule has 2 aromatic rings. The fourth-order valence-corrected chi connectivity index (χ4v) is 5.26. The van der Waals surface area contributed by atoms with Gasteiger partial charge >= 0.3 is 0 Å². The highest BCUT2D eigenvalue weighted by Crippen LogP contribution is 2.44. The average Bonchev–Trinajstić information content (AvgIpc) is 3.24. The van der Waals surface area contributed by atoms with Crippen LogP contribution in [-0.2, 0) is 30.4 Å². The summed E-state index contributed by atoms with van der Waals surface area (Å²) in [6, 6.07) is 4.32. The van der Waals surface area contributed by atoms with Crippen LogP contribution in [0.2, 0.25) is 0 Å². The summed E-state index contributed by atoms with van der Waals surface area (Å²) < 4.78 is 8.19. The molecule has 0 aromatic carbocycles. The molecule has 0 aliphatic carbocycles. The highest BCUT2D eigenvalue weighted by atomic mass is 32.1. The monoisotopic (exact) mass is 388 g/mol. The molecule has 27 heavy (non-hydrogen) atoms. The Morgan fingerprint density at radius 3 is 2.85 bits per heavy atom. The van der Waals surface area contributed by atoms with Gasteiger partial charge in [-0.2, -0.15) is 5.10 Å². The van der Waals surface area contributed by atoms with E-state index < -0.39 is 0 Å². The van der Waals surface area contributed by atoms with Gasteiger partial charge in [-0.1, -0.05) is 0 Å². The smallest absolute Gasteiger partial charge is 0.261 e. The van der Waals surface area contributed by atoms with Crippen LogP contribution in [0.15, 0.2) is 18.3 Å².